The first-order chi connectivity index (χ1) is 8.31. The molecule has 94 valence electrons. The Balaban J connectivity index is 1.70. The Hall–Kier alpha value is -1.36. The fraction of sp³-hybridized carbons (Fsp3) is 0.667. The zero-order valence-electron chi connectivity index (χ0n) is 10.3. The van der Waals surface area contributed by atoms with Crippen LogP contribution >= 0.6 is 0 Å². The summed E-state index contributed by atoms with van der Waals surface area (Å²) in [6, 6.07) is 0.642. The average Bonchev–Trinajstić information content (AvgIpc) is 3.07. The molecule has 0 atom stereocenters. The molecule has 1 aromatic rings. The van der Waals surface area contributed by atoms with Gasteiger partial charge < -0.3 is 15.2 Å². The number of nitrogens with one attached hydrogen (secondary N) is 2. The molecule has 0 bridgehead atoms. The largest absolute Gasteiger partial charge is 0.355 e. The highest BCUT2D eigenvalue weighted by Crippen LogP contribution is 2.35. The maximum Gasteiger partial charge on any atom is 0.233 e. The molecule has 5 nitrogen and oxygen atoms in total. The summed E-state index contributed by atoms with van der Waals surface area (Å²) in [7, 11) is 0. The van der Waals surface area contributed by atoms with Crippen LogP contribution in [0.2, 0.25) is 0 Å². The molecule has 1 saturated carbocycles. The molecule has 1 aliphatic rings. The third-order valence-corrected chi connectivity index (χ3v) is 2.85. The van der Waals surface area contributed by atoms with Crippen LogP contribution in [-0.4, -0.2) is 28.5 Å². The Morgan fingerprint density at radius 3 is 3.12 bits per heavy atom. The van der Waals surface area contributed by atoms with Gasteiger partial charge in [-0.25, -0.2) is 4.98 Å². The Morgan fingerprint density at radius 2 is 2.41 bits per heavy atom. The molecule has 0 unspecified atom stereocenters. The van der Waals surface area contributed by atoms with Crippen molar-refractivity contribution in [3.8, 4) is 0 Å². The van der Waals surface area contributed by atoms with Crippen molar-refractivity contribution in [3.05, 3.63) is 18.2 Å². The third-order valence-electron chi connectivity index (χ3n) is 2.85. The summed E-state index contributed by atoms with van der Waals surface area (Å²) in [5.74, 6) is 0.0596. The molecule has 0 radical (unpaired) electrons. The molecule has 1 aromatic heterocycles. The number of imidazole rings is 1. The fourth-order valence-electron chi connectivity index (χ4n) is 1.78. The van der Waals surface area contributed by atoms with Crippen molar-refractivity contribution in [1.29, 1.82) is 0 Å². The van der Waals surface area contributed by atoms with E-state index >= 15 is 0 Å². The first-order valence-electron chi connectivity index (χ1n) is 6.29. The number of carbonyl (C=O) groups excluding carboxylic acids is 1. The minimum Gasteiger partial charge on any atom is -0.355 e. The first kappa shape index (κ1) is 12.1. The van der Waals surface area contributed by atoms with Gasteiger partial charge in [0, 0.05) is 25.3 Å². The molecule has 0 spiro atoms. The van der Waals surface area contributed by atoms with Gasteiger partial charge in [0.15, 0.2) is 0 Å². The van der Waals surface area contributed by atoms with Crippen LogP contribution in [0.15, 0.2) is 12.5 Å². The lowest BCUT2D eigenvalue weighted by molar-refractivity contribution is -0.120. The van der Waals surface area contributed by atoms with E-state index in [0.717, 1.165) is 18.7 Å². The van der Waals surface area contributed by atoms with Crippen LogP contribution in [-0.2, 0) is 11.3 Å². The average molecular weight is 236 g/mol. The summed E-state index contributed by atoms with van der Waals surface area (Å²) in [5.41, 5.74) is 1.16. The van der Waals surface area contributed by atoms with Crippen LogP contribution in [0.1, 0.15) is 37.9 Å². The van der Waals surface area contributed by atoms with E-state index in [0.29, 0.717) is 19.1 Å². The summed E-state index contributed by atoms with van der Waals surface area (Å²) < 4.78 is 2.21. The van der Waals surface area contributed by atoms with E-state index in [1.807, 2.05) is 19.4 Å². The van der Waals surface area contributed by atoms with Crippen molar-refractivity contribution in [2.24, 2.45) is 0 Å². The lowest BCUT2D eigenvalue weighted by atomic mass is 10.4. The predicted octanol–water partition coefficient (Wildman–Crippen LogP) is 0.834. The third kappa shape index (κ3) is 3.56. The number of hydrogen-bond donors (Lipinski definition) is 2. The second kappa shape index (κ2) is 5.82. The number of hydrogen-bond acceptors (Lipinski definition) is 3. The van der Waals surface area contributed by atoms with E-state index < -0.39 is 0 Å². The quantitative estimate of drug-likeness (QED) is 0.737. The summed E-state index contributed by atoms with van der Waals surface area (Å²) >= 11 is 0. The van der Waals surface area contributed by atoms with Crippen molar-refractivity contribution in [3.63, 3.8) is 0 Å². The topological polar surface area (TPSA) is 59.0 Å². The maximum absolute atomic E-state index is 11.4. The lowest BCUT2D eigenvalue weighted by Gasteiger charge is -2.08. The lowest BCUT2D eigenvalue weighted by Crippen LogP contribution is -2.34. The van der Waals surface area contributed by atoms with Gasteiger partial charge in [-0.1, -0.05) is 6.92 Å². The minimum atomic E-state index is 0.0596. The van der Waals surface area contributed by atoms with Gasteiger partial charge in [-0.2, -0.15) is 0 Å². The summed E-state index contributed by atoms with van der Waals surface area (Å²) in [5, 5.41) is 5.98. The highest BCUT2D eigenvalue weighted by molar-refractivity contribution is 5.77. The molecular formula is C12H20N4O. The van der Waals surface area contributed by atoms with Crippen LogP contribution in [0.5, 0.6) is 0 Å². The number of rotatable bonds is 7. The van der Waals surface area contributed by atoms with E-state index in [9.17, 15) is 4.79 Å². The summed E-state index contributed by atoms with van der Waals surface area (Å²) in [6.07, 6.45) is 7.22. The molecule has 1 fully saturated rings. The minimum absolute atomic E-state index is 0.0596. The van der Waals surface area contributed by atoms with E-state index in [1.54, 1.807) is 0 Å². The molecular weight excluding hydrogens is 216 g/mol. The Labute approximate surface area is 102 Å². The highest BCUT2D eigenvalue weighted by Gasteiger charge is 2.24. The number of amides is 1. The van der Waals surface area contributed by atoms with Gasteiger partial charge in [0.1, 0.15) is 0 Å². The van der Waals surface area contributed by atoms with Gasteiger partial charge in [0.05, 0.1) is 18.6 Å². The monoisotopic (exact) mass is 236 g/mol. The van der Waals surface area contributed by atoms with Gasteiger partial charge in [-0.15, -0.1) is 0 Å². The molecule has 0 aromatic carbocycles. The SMILES string of the molecule is CCCNC(=O)CNCc1cncn1C1CC1. The van der Waals surface area contributed by atoms with Gasteiger partial charge in [-0.3, -0.25) is 4.79 Å². The highest BCUT2D eigenvalue weighted by atomic mass is 16.1. The molecule has 2 N–H and O–H groups in total. The van der Waals surface area contributed by atoms with Crippen LogP contribution in [0, 0.1) is 0 Å². The van der Waals surface area contributed by atoms with Crippen molar-refractivity contribution >= 4 is 5.91 Å². The molecule has 5 heteroatoms. The van der Waals surface area contributed by atoms with E-state index in [2.05, 4.69) is 20.2 Å². The second-order valence-electron chi connectivity index (χ2n) is 4.48. The van der Waals surface area contributed by atoms with E-state index in [4.69, 9.17) is 0 Å². The van der Waals surface area contributed by atoms with Crippen molar-refractivity contribution in [1.82, 2.24) is 20.2 Å². The van der Waals surface area contributed by atoms with Gasteiger partial charge in [0.2, 0.25) is 5.91 Å². The van der Waals surface area contributed by atoms with E-state index in [1.165, 1.54) is 12.8 Å². The first-order valence-corrected chi connectivity index (χ1v) is 6.29. The molecule has 1 aliphatic carbocycles. The second-order valence-corrected chi connectivity index (χ2v) is 4.48. The molecule has 0 saturated heterocycles. The van der Waals surface area contributed by atoms with Gasteiger partial charge in [-0.05, 0) is 19.3 Å². The Morgan fingerprint density at radius 1 is 1.59 bits per heavy atom. The van der Waals surface area contributed by atoms with Crippen LogP contribution < -0.4 is 10.6 Å². The van der Waals surface area contributed by atoms with Gasteiger partial charge >= 0.3 is 0 Å². The zero-order valence-corrected chi connectivity index (χ0v) is 10.3. The zero-order chi connectivity index (χ0) is 12.1. The smallest absolute Gasteiger partial charge is 0.233 e. The summed E-state index contributed by atoms with van der Waals surface area (Å²) in [4.78, 5) is 15.5. The van der Waals surface area contributed by atoms with E-state index in [-0.39, 0.29) is 5.91 Å². The van der Waals surface area contributed by atoms with Crippen molar-refractivity contribution in [2.75, 3.05) is 13.1 Å². The number of aromatic nitrogens is 2. The predicted molar refractivity (Wildman–Crippen MR) is 65.5 cm³/mol. The molecule has 2 rings (SSSR count). The van der Waals surface area contributed by atoms with Crippen LogP contribution in [0.25, 0.3) is 0 Å². The molecule has 1 amide bonds. The Kier molecular flexibility index (Phi) is 4.14. The van der Waals surface area contributed by atoms with Crippen LogP contribution in [0.4, 0.5) is 0 Å². The molecule has 0 aliphatic heterocycles. The van der Waals surface area contributed by atoms with Crippen molar-refractivity contribution < 1.29 is 4.79 Å². The van der Waals surface area contributed by atoms with Gasteiger partial charge in [0.25, 0.3) is 0 Å². The number of nitrogens with zero attached hydrogens (tertiary/aromatic N) is 2. The van der Waals surface area contributed by atoms with Crippen molar-refractivity contribution in [2.45, 2.75) is 38.8 Å². The standard InChI is InChI=1S/C12H20N4O/c1-2-5-15-12(17)8-13-6-11-7-14-9-16(11)10-3-4-10/h7,9-10,13H,2-6,8H2,1H3,(H,15,17). The summed E-state index contributed by atoms with van der Waals surface area (Å²) in [6.45, 7) is 3.87. The fourth-order valence-corrected chi connectivity index (χ4v) is 1.78. The Bertz CT molecular complexity index is 370. The normalized spacial score (nSPS) is 14.9. The maximum atomic E-state index is 11.4. The van der Waals surface area contributed by atoms with Crippen LogP contribution in [0.3, 0.4) is 0 Å². The molecule has 17 heavy (non-hydrogen) atoms. The molecule has 1 heterocycles. The number of carbonyl (C=O) groups is 1.